The number of rotatable bonds is 5. The van der Waals surface area contributed by atoms with Crippen molar-refractivity contribution in [2.45, 2.75) is 27.4 Å². The number of aryl methyl sites for hydroxylation is 4. The Morgan fingerprint density at radius 3 is 2.33 bits per heavy atom. The highest BCUT2D eigenvalue weighted by Gasteiger charge is 2.14. The molecule has 0 saturated carbocycles. The van der Waals surface area contributed by atoms with E-state index in [0.29, 0.717) is 12.3 Å². The summed E-state index contributed by atoms with van der Waals surface area (Å²) in [6, 6.07) is 20.4. The van der Waals surface area contributed by atoms with Crippen molar-refractivity contribution in [2.24, 2.45) is 7.05 Å². The number of benzene rings is 3. The van der Waals surface area contributed by atoms with Gasteiger partial charge in [0.05, 0.1) is 5.69 Å². The van der Waals surface area contributed by atoms with E-state index in [4.69, 9.17) is 4.74 Å². The van der Waals surface area contributed by atoms with Crippen molar-refractivity contribution in [3.05, 3.63) is 93.4 Å². The van der Waals surface area contributed by atoms with Gasteiger partial charge in [0.1, 0.15) is 12.4 Å². The van der Waals surface area contributed by atoms with E-state index < -0.39 is 0 Å². The first kappa shape index (κ1) is 19.6. The van der Waals surface area contributed by atoms with Crippen molar-refractivity contribution in [2.75, 3.05) is 0 Å². The minimum absolute atomic E-state index is 0.293. The fourth-order valence-corrected chi connectivity index (χ4v) is 3.44. The standard InChI is InChI=1S/C24H24N4O2/c1-16-8-10-19(11-9-16)20-12-17(2)13-21(14-20)30-15-22-18(3)6-5-7-23(22)28-24(29)27(4)25-26-28/h5-14H,15H2,1-4H3. The Bertz CT molecular complexity index is 1250. The topological polar surface area (TPSA) is 61.9 Å². The molecule has 0 radical (unpaired) electrons. The van der Waals surface area contributed by atoms with Crippen LogP contribution in [0.4, 0.5) is 0 Å². The summed E-state index contributed by atoms with van der Waals surface area (Å²) in [5.41, 5.74) is 6.93. The van der Waals surface area contributed by atoms with E-state index in [2.05, 4.69) is 54.6 Å². The molecule has 6 heteroatoms. The van der Waals surface area contributed by atoms with Crippen molar-refractivity contribution in [3.8, 4) is 22.6 Å². The van der Waals surface area contributed by atoms with Crippen LogP contribution in [0.2, 0.25) is 0 Å². The Kier molecular flexibility index (Phi) is 5.23. The normalized spacial score (nSPS) is 10.9. The van der Waals surface area contributed by atoms with E-state index in [0.717, 1.165) is 33.6 Å². The molecule has 0 atom stereocenters. The van der Waals surface area contributed by atoms with Gasteiger partial charge in [0.15, 0.2) is 0 Å². The molecule has 0 unspecified atom stereocenters. The third-order valence-corrected chi connectivity index (χ3v) is 5.15. The lowest BCUT2D eigenvalue weighted by Gasteiger charge is -2.14. The zero-order valence-electron chi connectivity index (χ0n) is 17.6. The van der Waals surface area contributed by atoms with Crippen LogP contribution in [0, 0.1) is 20.8 Å². The molecule has 0 aliphatic carbocycles. The summed E-state index contributed by atoms with van der Waals surface area (Å²) in [6.45, 7) is 6.46. The van der Waals surface area contributed by atoms with Crippen LogP contribution in [-0.4, -0.2) is 19.8 Å². The van der Waals surface area contributed by atoms with Crippen molar-refractivity contribution >= 4 is 0 Å². The summed E-state index contributed by atoms with van der Waals surface area (Å²) in [7, 11) is 1.58. The molecule has 152 valence electrons. The second-order valence-electron chi connectivity index (χ2n) is 7.56. The molecular weight excluding hydrogens is 376 g/mol. The monoisotopic (exact) mass is 400 g/mol. The number of hydrogen-bond acceptors (Lipinski definition) is 4. The fourth-order valence-electron chi connectivity index (χ4n) is 3.44. The third-order valence-electron chi connectivity index (χ3n) is 5.15. The van der Waals surface area contributed by atoms with Gasteiger partial charge in [-0.1, -0.05) is 48.0 Å². The Morgan fingerprint density at radius 1 is 0.867 bits per heavy atom. The Hall–Kier alpha value is -3.67. The third kappa shape index (κ3) is 3.89. The summed E-state index contributed by atoms with van der Waals surface area (Å²) in [5, 5.41) is 7.80. The number of tetrazole rings is 1. The van der Waals surface area contributed by atoms with E-state index in [-0.39, 0.29) is 5.69 Å². The first-order valence-corrected chi connectivity index (χ1v) is 9.82. The Balaban J connectivity index is 1.65. The fraction of sp³-hybridized carbons (Fsp3) is 0.208. The highest BCUT2D eigenvalue weighted by Crippen LogP contribution is 2.28. The van der Waals surface area contributed by atoms with Crippen LogP contribution in [-0.2, 0) is 13.7 Å². The largest absolute Gasteiger partial charge is 0.489 e. The van der Waals surface area contributed by atoms with Gasteiger partial charge in [-0.2, -0.15) is 9.36 Å². The van der Waals surface area contributed by atoms with Crippen LogP contribution in [0.15, 0.2) is 65.5 Å². The molecule has 30 heavy (non-hydrogen) atoms. The number of aromatic nitrogens is 4. The van der Waals surface area contributed by atoms with Gasteiger partial charge < -0.3 is 4.74 Å². The molecule has 6 nitrogen and oxygen atoms in total. The van der Waals surface area contributed by atoms with Gasteiger partial charge in [0.25, 0.3) is 0 Å². The van der Waals surface area contributed by atoms with Gasteiger partial charge >= 0.3 is 5.69 Å². The summed E-state index contributed by atoms with van der Waals surface area (Å²) in [6.07, 6.45) is 0. The summed E-state index contributed by atoms with van der Waals surface area (Å²) in [4.78, 5) is 12.3. The lowest BCUT2D eigenvalue weighted by Crippen LogP contribution is -2.23. The number of nitrogens with zero attached hydrogens (tertiary/aromatic N) is 4. The Labute approximate surface area is 175 Å². The SMILES string of the molecule is Cc1ccc(-c2cc(C)cc(OCc3c(C)cccc3-n3nnn(C)c3=O)c2)cc1. The first-order chi connectivity index (χ1) is 14.4. The molecule has 0 fully saturated rings. The number of ether oxygens (including phenoxy) is 1. The molecule has 4 rings (SSSR count). The molecule has 3 aromatic carbocycles. The van der Waals surface area contributed by atoms with E-state index >= 15 is 0 Å². The van der Waals surface area contributed by atoms with Crippen molar-refractivity contribution in [1.82, 2.24) is 19.8 Å². The molecule has 0 saturated heterocycles. The highest BCUT2D eigenvalue weighted by atomic mass is 16.5. The summed E-state index contributed by atoms with van der Waals surface area (Å²) in [5.74, 6) is 0.784. The van der Waals surface area contributed by atoms with Crippen molar-refractivity contribution < 1.29 is 4.74 Å². The first-order valence-electron chi connectivity index (χ1n) is 9.82. The van der Waals surface area contributed by atoms with Crippen LogP contribution in [0.5, 0.6) is 5.75 Å². The summed E-state index contributed by atoms with van der Waals surface area (Å²) >= 11 is 0. The molecule has 0 aliphatic heterocycles. The molecule has 0 bridgehead atoms. The maximum Gasteiger partial charge on any atom is 0.368 e. The molecule has 4 aromatic rings. The molecule has 0 spiro atoms. The smallest absolute Gasteiger partial charge is 0.368 e. The molecular formula is C24H24N4O2. The quantitative estimate of drug-likeness (QED) is 0.505. The molecule has 0 amide bonds. The van der Waals surface area contributed by atoms with Gasteiger partial charge in [-0.15, -0.1) is 0 Å². The van der Waals surface area contributed by atoms with Gasteiger partial charge in [-0.05, 0) is 71.7 Å². The van der Waals surface area contributed by atoms with Gasteiger partial charge in [0.2, 0.25) is 0 Å². The van der Waals surface area contributed by atoms with E-state index in [1.54, 1.807) is 7.05 Å². The predicted octanol–water partition coefficient (Wildman–Crippen LogP) is 4.14. The highest BCUT2D eigenvalue weighted by molar-refractivity contribution is 5.66. The molecule has 1 heterocycles. The van der Waals surface area contributed by atoms with E-state index in [1.165, 1.54) is 14.9 Å². The van der Waals surface area contributed by atoms with Crippen LogP contribution < -0.4 is 10.4 Å². The lowest BCUT2D eigenvalue weighted by molar-refractivity contribution is 0.304. The van der Waals surface area contributed by atoms with Gasteiger partial charge in [-0.3, -0.25) is 0 Å². The average molecular weight is 400 g/mol. The zero-order chi connectivity index (χ0) is 21.3. The van der Waals surface area contributed by atoms with Gasteiger partial charge in [0, 0.05) is 12.6 Å². The summed E-state index contributed by atoms with van der Waals surface area (Å²) < 4.78 is 8.69. The second-order valence-corrected chi connectivity index (χ2v) is 7.56. The van der Waals surface area contributed by atoms with Crippen molar-refractivity contribution in [1.29, 1.82) is 0 Å². The number of hydrogen-bond donors (Lipinski definition) is 0. The molecule has 0 N–H and O–H groups in total. The maximum atomic E-state index is 12.3. The zero-order valence-corrected chi connectivity index (χ0v) is 17.6. The predicted molar refractivity (Wildman–Crippen MR) is 117 cm³/mol. The average Bonchev–Trinajstić information content (AvgIpc) is 3.05. The van der Waals surface area contributed by atoms with E-state index in [9.17, 15) is 4.79 Å². The van der Waals surface area contributed by atoms with Crippen LogP contribution >= 0.6 is 0 Å². The van der Waals surface area contributed by atoms with Crippen LogP contribution in [0.3, 0.4) is 0 Å². The minimum Gasteiger partial charge on any atom is -0.489 e. The molecule has 0 aliphatic rings. The lowest BCUT2D eigenvalue weighted by atomic mass is 10.0. The maximum absolute atomic E-state index is 12.3. The van der Waals surface area contributed by atoms with Crippen LogP contribution in [0.25, 0.3) is 16.8 Å². The van der Waals surface area contributed by atoms with Gasteiger partial charge in [-0.25, -0.2) is 4.79 Å². The minimum atomic E-state index is -0.293. The van der Waals surface area contributed by atoms with Crippen molar-refractivity contribution in [3.63, 3.8) is 0 Å². The van der Waals surface area contributed by atoms with E-state index in [1.807, 2.05) is 37.3 Å². The second kappa shape index (κ2) is 7.99. The Morgan fingerprint density at radius 2 is 1.63 bits per heavy atom. The van der Waals surface area contributed by atoms with Crippen LogP contribution in [0.1, 0.15) is 22.3 Å². The molecule has 1 aromatic heterocycles.